The van der Waals surface area contributed by atoms with Gasteiger partial charge < -0.3 is 19.6 Å². The number of hydrogen-bond donors (Lipinski definition) is 2. The molecule has 42 heavy (non-hydrogen) atoms. The second kappa shape index (κ2) is 18.4. The normalized spacial score (nSPS) is 16.5. The number of amides is 1. The van der Waals surface area contributed by atoms with Crippen molar-refractivity contribution in [3.05, 3.63) is 65.2 Å². The van der Waals surface area contributed by atoms with Gasteiger partial charge in [0.15, 0.2) is 0 Å². The van der Waals surface area contributed by atoms with Gasteiger partial charge in [-0.05, 0) is 55.5 Å². The number of benzene rings is 2. The lowest BCUT2D eigenvalue weighted by atomic mass is 9.84. The molecule has 1 heterocycles. The summed E-state index contributed by atoms with van der Waals surface area (Å²) < 4.78 is 15.9. The number of fused-ring (bicyclic) bond motifs is 1. The van der Waals surface area contributed by atoms with Crippen molar-refractivity contribution in [2.24, 2.45) is 0 Å². The average Bonchev–Trinajstić information content (AvgIpc) is 2.95. The number of anilines is 1. The summed E-state index contributed by atoms with van der Waals surface area (Å²) >= 11 is 0. The van der Waals surface area contributed by atoms with Crippen molar-refractivity contribution in [2.75, 3.05) is 32.2 Å². The van der Waals surface area contributed by atoms with E-state index in [2.05, 4.69) is 53.7 Å². The minimum Gasteiger partial charge on any atom is -0.326 e. The number of rotatable bonds is 20. The van der Waals surface area contributed by atoms with Crippen molar-refractivity contribution in [1.29, 1.82) is 0 Å². The van der Waals surface area contributed by atoms with E-state index in [-0.39, 0.29) is 5.91 Å². The molecule has 0 bridgehead atoms. The van der Waals surface area contributed by atoms with Gasteiger partial charge in [0.2, 0.25) is 5.91 Å². The van der Waals surface area contributed by atoms with Crippen LogP contribution in [0.4, 0.5) is 5.69 Å². The maximum atomic E-state index is 12.8. The topological polar surface area (TPSA) is 95.9 Å². The van der Waals surface area contributed by atoms with Crippen molar-refractivity contribution in [2.45, 2.75) is 102 Å². The summed E-state index contributed by atoms with van der Waals surface area (Å²) in [5.41, 5.74) is 4.75. The van der Waals surface area contributed by atoms with Crippen LogP contribution in [0.5, 0.6) is 0 Å². The molecule has 8 heteroatoms. The Morgan fingerprint density at radius 2 is 1.45 bits per heavy atom. The molecule has 0 aromatic heterocycles. The van der Waals surface area contributed by atoms with Gasteiger partial charge in [-0.3, -0.25) is 14.2 Å². The van der Waals surface area contributed by atoms with E-state index in [1.807, 2.05) is 12.1 Å². The van der Waals surface area contributed by atoms with Crippen LogP contribution in [0.1, 0.15) is 112 Å². The third-order valence-corrected chi connectivity index (χ3v) is 8.69. The van der Waals surface area contributed by atoms with Gasteiger partial charge in [0.25, 0.3) is 0 Å². The maximum absolute atomic E-state index is 12.8. The molecule has 2 aromatic rings. The molecule has 0 aliphatic carbocycles. The number of ketones is 1. The lowest BCUT2D eigenvalue weighted by molar-refractivity contribution is -0.119. The lowest BCUT2D eigenvalue weighted by Gasteiger charge is -2.34. The molecule has 232 valence electrons. The van der Waals surface area contributed by atoms with Gasteiger partial charge in [-0.1, -0.05) is 87.4 Å². The second-order valence-electron chi connectivity index (χ2n) is 11.9. The molecule has 2 atom stereocenters. The van der Waals surface area contributed by atoms with E-state index in [4.69, 9.17) is 9.42 Å². The molecule has 2 N–H and O–H groups in total. The summed E-state index contributed by atoms with van der Waals surface area (Å²) in [6.07, 6.45) is 12.7. The van der Waals surface area contributed by atoms with E-state index in [9.17, 15) is 14.2 Å². The zero-order valence-electron chi connectivity index (χ0n) is 25.7. The van der Waals surface area contributed by atoms with Crippen LogP contribution < -0.4 is 5.32 Å². The second-order valence-corrected chi connectivity index (χ2v) is 13.8. The van der Waals surface area contributed by atoms with E-state index < -0.39 is 7.60 Å². The number of nitrogens with one attached hydrogen (secondary N) is 1. The molecular weight excluding hydrogens is 547 g/mol. The first-order valence-corrected chi connectivity index (χ1v) is 17.9. The van der Waals surface area contributed by atoms with E-state index in [1.165, 1.54) is 23.4 Å². The highest BCUT2D eigenvalue weighted by molar-refractivity contribution is 7.51. The fourth-order valence-corrected chi connectivity index (χ4v) is 6.25. The van der Waals surface area contributed by atoms with Gasteiger partial charge in [-0.2, -0.15) is 0 Å². The van der Waals surface area contributed by atoms with Gasteiger partial charge in [-0.25, -0.2) is 0 Å². The predicted octanol–water partition coefficient (Wildman–Crippen LogP) is 8.06. The van der Waals surface area contributed by atoms with Crippen molar-refractivity contribution in [1.82, 2.24) is 4.90 Å². The van der Waals surface area contributed by atoms with Crippen molar-refractivity contribution >= 4 is 25.0 Å². The Bertz CT molecular complexity index is 1150. The average molecular weight is 599 g/mol. The zero-order chi connectivity index (χ0) is 30.2. The smallest absolute Gasteiger partial charge is 0.325 e. The number of likely N-dealkylation sites (N-methyl/N-ethyl adjacent to an activating group) is 1. The molecule has 1 amide bonds. The first kappa shape index (κ1) is 34.2. The first-order chi connectivity index (χ1) is 20.2. The van der Waals surface area contributed by atoms with Crippen molar-refractivity contribution < 1.29 is 23.6 Å². The molecule has 0 saturated carbocycles. The third-order valence-electron chi connectivity index (χ3n) is 8.03. The largest absolute Gasteiger partial charge is 0.326 e. The Hall–Kier alpha value is -2.31. The summed E-state index contributed by atoms with van der Waals surface area (Å²) in [6, 6.07) is 16.9. The van der Waals surface area contributed by atoms with Crippen molar-refractivity contribution in [3.63, 3.8) is 0 Å². The number of unbranched alkanes of at least 4 members (excludes halogenated alkanes) is 9. The summed E-state index contributed by atoms with van der Waals surface area (Å²) in [5.74, 6) is 0.716. The minimum absolute atomic E-state index is 0.0641. The summed E-state index contributed by atoms with van der Waals surface area (Å²) in [7, 11) is -1.20. The molecule has 0 radical (unpaired) electrons. The summed E-state index contributed by atoms with van der Waals surface area (Å²) in [4.78, 5) is 36.4. The molecule has 1 aliphatic rings. The fraction of sp³-hybridized carbons (Fsp3) is 0.588. The van der Waals surface area contributed by atoms with E-state index in [0.29, 0.717) is 37.6 Å². The molecule has 0 saturated heterocycles. The van der Waals surface area contributed by atoms with Crippen LogP contribution in [0.2, 0.25) is 0 Å². The summed E-state index contributed by atoms with van der Waals surface area (Å²) in [5, 5.41) is 3.18. The Morgan fingerprint density at radius 1 is 0.857 bits per heavy atom. The first-order valence-electron chi connectivity index (χ1n) is 15.8. The Morgan fingerprint density at radius 3 is 2.10 bits per heavy atom. The van der Waals surface area contributed by atoms with Gasteiger partial charge in [-0.15, -0.1) is 0 Å². The lowest BCUT2D eigenvalue weighted by Crippen LogP contribution is -2.32. The highest BCUT2D eigenvalue weighted by Gasteiger charge is 2.26. The predicted molar refractivity (Wildman–Crippen MR) is 171 cm³/mol. The monoisotopic (exact) mass is 598 g/mol. The maximum Gasteiger partial charge on any atom is 0.325 e. The van der Waals surface area contributed by atoms with Gasteiger partial charge in [0.05, 0.1) is 6.61 Å². The Kier molecular flexibility index (Phi) is 15.0. The van der Waals surface area contributed by atoms with Gasteiger partial charge in [0, 0.05) is 50.6 Å². The number of hydrogen-bond acceptors (Lipinski definition) is 5. The van der Waals surface area contributed by atoms with Crippen LogP contribution in [0.3, 0.4) is 0 Å². The number of Topliss-reactive ketones (excluding diaryl/α,β-unsaturated/α-hetero) is 1. The highest BCUT2D eigenvalue weighted by atomic mass is 31.2. The van der Waals surface area contributed by atoms with E-state index in [1.54, 1.807) is 0 Å². The molecule has 1 aliphatic heterocycles. The molecule has 3 rings (SSSR count). The van der Waals surface area contributed by atoms with Crippen LogP contribution >= 0.6 is 7.60 Å². The van der Waals surface area contributed by atoms with Crippen LogP contribution in [0.25, 0.3) is 0 Å². The van der Waals surface area contributed by atoms with E-state index in [0.717, 1.165) is 89.4 Å². The molecule has 0 fully saturated rings. The van der Waals surface area contributed by atoms with Crippen LogP contribution in [0, 0.1) is 0 Å². The van der Waals surface area contributed by atoms with Crippen LogP contribution in [-0.4, -0.2) is 48.3 Å². The number of nitrogens with zero attached hydrogens (tertiary/aromatic N) is 1. The molecule has 7 nitrogen and oxygen atoms in total. The Balaban J connectivity index is 1.23. The van der Waals surface area contributed by atoms with Gasteiger partial charge >= 0.3 is 7.60 Å². The number of carbonyl (C=O) groups excluding carboxylic acids is 2. The van der Waals surface area contributed by atoms with Gasteiger partial charge in [0.1, 0.15) is 5.78 Å². The number of carbonyl (C=O) groups is 2. The molecule has 2 unspecified atom stereocenters. The molecule has 0 spiro atoms. The van der Waals surface area contributed by atoms with E-state index >= 15 is 0 Å². The Labute approximate surface area is 253 Å². The molecule has 2 aromatic carbocycles. The molecular formula is C34H51N2O5P. The van der Waals surface area contributed by atoms with Crippen LogP contribution in [-0.2, 0) is 25.2 Å². The van der Waals surface area contributed by atoms with Crippen LogP contribution in [0.15, 0.2) is 48.5 Å². The SMILES string of the molecule is CN1Cc2c(NC(=O)CCCCCCC(=O)CCCCCCCCCOP(C)(=O)O)cccc2C(c2ccccc2)C1. The standard InChI is InChI=1S/C34H51N2O5P/c1-36-26-31(28-18-11-10-12-19-28)30-22-17-23-33(32(30)27-36)35-34(38)24-15-8-7-14-21-29(37)20-13-6-4-3-5-9-16-25-41-42(2,39)40/h10-12,17-19,22-23,31H,3-9,13-16,20-21,24-27H2,1-2H3,(H,35,38)(H,39,40). The van der Waals surface area contributed by atoms with Crippen molar-refractivity contribution in [3.8, 4) is 0 Å². The minimum atomic E-state index is -3.34. The zero-order valence-corrected chi connectivity index (χ0v) is 26.6. The highest BCUT2D eigenvalue weighted by Crippen LogP contribution is 2.37. The fourth-order valence-electron chi connectivity index (χ4n) is 5.78. The summed E-state index contributed by atoms with van der Waals surface area (Å²) in [6.45, 7) is 3.35. The third kappa shape index (κ3) is 12.9. The quantitative estimate of drug-likeness (QED) is 0.118.